The highest BCUT2D eigenvalue weighted by Gasteiger charge is 2.18. The summed E-state index contributed by atoms with van der Waals surface area (Å²) >= 11 is 0. The quantitative estimate of drug-likeness (QED) is 0.697. The van der Waals surface area contributed by atoms with E-state index in [-0.39, 0.29) is 0 Å². The predicted molar refractivity (Wildman–Crippen MR) is 106 cm³/mol. The van der Waals surface area contributed by atoms with Gasteiger partial charge in [0.1, 0.15) is 24.2 Å². The molecule has 4 nitrogen and oxygen atoms in total. The third kappa shape index (κ3) is 6.04. The predicted octanol–water partition coefficient (Wildman–Crippen LogP) is 4.04. The molecule has 2 aromatic rings. The molecule has 0 heterocycles. The van der Waals surface area contributed by atoms with Gasteiger partial charge >= 0.3 is 0 Å². The number of rotatable bonds is 10. The van der Waals surface area contributed by atoms with Crippen LogP contribution in [0.25, 0.3) is 0 Å². The zero-order chi connectivity index (χ0) is 18.9. The summed E-state index contributed by atoms with van der Waals surface area (Å²) in [5.74, 6) is 1.69. The topological polar surface area (TPSA) is 41.9 Å². The smallest absolute Gasteiger partial charge is 0.122 e. The molecule has 0 aromatic heterocycles. The normalized spacial score (nSPS) is 13.5. The highest BCUT2D eigenvalue weighted by atomic mass is 16.5. The minimum Gasteiger partial charge on any atom is -0.497 e. The molecule has 0 aliphatic rings. The lowest BCUT2D eigenvalue weighted by molar-refractivity contribution is 0.0504. The van der Waals surface area contributed by atoms with E-state index in [0.717, 1.165) is 30.0 Å². The van der Waals surface area contributed by atoms with Gasteiger partial charge in [0.2, 0.25) is 0 Å². The van der Waals surface area contributed by atoms with Crippen molar-refractivity contribution in [1.82, 2.24) is 4.90 Å². The second kappa shape index (κ2) is 10.2. The van der Waals surface area contributed by atoms with Crippen LogP contribution >= 0.6 is 0 Å². The zero-order valence-corrected chi connectivity index (χ0v) is 16.3. The van der Waals surface area contributed by atoms with E-state index < -0.39 is 6.10 Å². The number of ether oxygens (including phenoxy) is 2. The highest BCUT2D eigenvalue weighted by Crippen LogP contribution is 2.18. The number of aliphatic hydroxyl groups excluding tert-OH is 1. The Morgan fingerprint density at radius 2 is 1.77 bits per heavy atom. The van der Waals surface area contributed by atoms with Crippen molar-refractivity contribution in [3.05, 3.63) is 59.7 Å². The van der Waals surface area contributed by atoms with Gasteiger partial charge in [0.05, 0.1) is 7.11 Å². The maximum atomic E-state index is 10.5. The third-order valence-corrected chi connectivity index (χ3v) is 4.73. The molecule has 0 saturated carbocycles. The first-order chi connectivity index (χ1) is 12.5. The van der Waals surface area contributed by atoms with Gasteiger partial charge < -0.3 is 14.6 Å². The molecule has 0 aliphatic heterocycles. The van der Waals surface area contributed by atoms with Gasteiger partial charge in [-0.05, 0) is 49.6 Å². The van der Waals surface area contributed by atoms with Crippen molar-refractivity contribution in [3.63, 3.8) is 0 Å². The molecule has 0 bridgehead atoms. The molecular weight excluding hydrogens is 326 g/mol. The summed E-state index contributed by atoms with van der Waals surface area (Å²) in [4.78, 5) is 2.30. The monoisotopic (exact) mass is 357 g/mol. The van der Waals surface area contributed by atoms with Crippen LogP contribution in [0, 0.1) is 6.92 Å². The number of benzene rings is 2. The van der Waals surface area contributed by atoms with Crippen molar-refractivity contribution in [1.29, 1.82) is 0 Å². The molecule has 4 heteroatoms. The number of methoxy groups -OCH3 is 1. The van der Waals surface area contributed by atoms with E-state index >= 15 is 0 Å². The van der Waals surface area contributed by atoms with Crippen LogP contribution in [-0.2, 0) is 6.54 Å². The Labute approximate surface area is 157 Å². The fourth-order valence-corrected chi connectivity index (χ4v) is 2.85. The molecule has 0 spiro atoms. The van der Waals surface area contributed by atoms with Gasteiger partial charge in [-0.1, -0.05) is 37.3 Å². The fourth-order valence-electron chi connectivity index (χ4n) is 2.85. The van der Waals surface area contributed by atoms with Crippen molar-refractivity contribution in [2.75, 3.05) is 20.3 Å². The number of nitrogens with zero attached hydrogens (tertiary/aromatic N) is 1. The van der Waals surface area contributed by atoms with E-state index in [4.69, 9.17) is 9.47 Å². The molecule has 26 heavy (non-hydrogen) atoms. The van der Waals surface area contributed by atoms with Crippen LogP contribution in [-0.4, -0.2) is 42.4 Å². The number of aryl methyl sites for hydroxylation is 1. The van der Waals surface area contributed by atoms with E-state index in [1.165, 1.54) is 5.56 Å². The molecule has 2 aromatic carbocycles. The Morgan fingerprint density at radius 3 is 2.38 bits per heavy atom. The second-order valence-electron chi connectivity index (χ2n) is 6.77. The molecule has 0 amide bonds. The van der Waals surface area contributed by atoms with Crippen LogP contribution in [0.2, 0.25) is 0 Å². The Morgan fingerprint density at radius 1 is 1.08 bits per heavy atom. The molecule has 0 aliphatic carbocycles. The van der Waals surface area contributed by atoms with E-state index in [0.29, 0.717) is 19.2 Å². The van der Waals surface area contributed by atoms with Crippen LogP contribution in [0.3, 0.4) is 0 Å². The largest absolute Gasteiger partial charge is 0.497 e. The van der Waals surface area contributed by atoms with Gasteiger partial charge in [-0.25, -0.2) is 0 Å². The van der Waals surface area contributed by atoms with Gasteiger partial charge in [-0.2, -0.15) is 0 Å². The summed E-state index contributed by atoms with van der Waals surface area (Å²) < 4.78 is 11.0. The van der Waals surface area contributed by atoms with Gasteiger partial charge in [-0.15, -0.1) is 0 Å². The lowest BCUT2D eigenvalue weighted by Gasteiger charge is -2.30. The van der Waals surface area contributed by atoms with Gasteiger partial charge in [0.15, 0.2) is 0 Å². The molecule has 0 saturated heterocycles. The molecule has 1 N–H and O–H groups in total. The maximum Gasteiger partial charge on any atom is 0.122 e. The lowest BCUT2D eigenvalue weighted by atomic mass is 10.1. The summed E-state index contributed by atoms with van der Waals surface area (Å²) in [6, 6.07) is 16.4. The Hall–Kier alpha value is -2.04. The van der Waals surface area contributed by atoms with Crippen molar-refractivity contribution in [2.45, 2.75) is 45.9 Å². The maximum absolute atomic E-state index is 10.5. The molecular formula is C22H31NO3. The summed E-state index contributed by atoms with van der Waals surface area (Å²) in [5, 5.41) is 10.5. The van der Waals surface area contributed by atoms with E-state index in [2.05, 4.69) is 30.9 Å². The first kappa shape index (κ1) is 20.3. The van der Waals surface area contributed by atoms with E-state index in [9.17, 15) is 5.11 Å². The zero-order valence-electron chi connectivity index (χ0n) is 16.3. The molecule has 0 fully saturated rings. The number of hydrogen-bond acceptors (Lipinski definition) is 4. The molecule has 142 valence electrons. The summed E-state index contributed by atoms with van der Waals surface area (Å²) in [6.45, 7) is 8.03. The van der Waals surface area contributed by atoms with Crippen LogP contribution in [0.15, 0.2) is 48.5 Å². The van der Waals surface area contributed by atoms with Crippen LogP contribution in [0.5, 0.6) is 11.5 Å². The van der Waals surface area contributed by atoms with E-state index in [1.54, 1.807) is 7.11 Å². The van der Waals surface area contributed by atoms with Crippen LogP contribution in [0.4, 0.5) is 0 Å². The number of hydrogen-bond donors (Lipinski definition) is 1. The van der Waals surface area contributed by atoms with Gasteiger partial charge in [0, 0.05) is 19.1 Å². The Kier molecular flexibility index (Phi) is 7.95. The molecule has 2 atom stereocenters. The molecule has 0 radical (unpaired) electrons. The minimum atomic E-state index is -0.540. The Balaban J connectivity index is 1.94. The van der Waals surface area contributed by atoms with Gasteiger partial charge in [0.25, 0.3) is 0 Å². The van der Waals surface area contributed by atoms with Gasteiger partial charge in [-0.3, -0.25) is 4.90 Å². The Bertz CT molecular complexity index is 657. The average Bonchev–Trinajstić information content (AvgIpc) is 2.66. The summed E-state index contributed by atoms with van der Waals surface area (Å²) in [7, 11) is 1.67. The highest BCUT2D eigenvalue weighted by molar-refractivity contribution is 5.31. The lowest BCUT2D eigenvalue weighted by Crippen LogP contribution is -2.40. The van der Waals surface area contributed by atoms with Crippen LogP contribution in [0.1, 0.15) is 31.4 Å². The third-order valence-electron chi connectivity index (χ3n) is 4.73. The second-order valence-corrected chi connectivity index (χ2v) is 6.77. The van der Waals surface area contributed by atoms with Crippen molar-refractivity contribution in [2.24, 2.45) is 0 Å². The van der Waals surface area contributed by atoms with E-state index in [1.807, 2.05) is 43.3 Å². The number of aliphatic hydroxyl groups is 1. The van der Waals surface area contributed by atoms with Crippen molar-refractivity contribution < 1.29 is 14.6 Å². The minimum absolute atomic E-state index is 0.292. The fraction of sp³-hybridized carbons (Fsp3) is 0.455. The van der Waals surface area contributed by atoms with Crippen molar-refractivity contribution in [3.8, 4) is 11.5 Å². The molecule has 0 unspecified atom stereocenters. The SMILES string of the molecule is CC[C@@H](C)N(Cc1ccc(OC)cc1)C[C@H](O)COc1ccccc1C. The molecule has 2 rings (SSSR count). The van der Waals surface area contributed by atoms with Crippen LogP contribution < -0.4 is 9.47 Å². The summed E-state index contributed by atoms with van der Waals surface area (Å²) in [6.07, 6.45) is 0.489. The first-order valence-electron chi connectivity index (χ1n) is 9.27. The average molecular weight is 357 g/mol. The standard InChI is InChI=1S/C22H31NO3/c1-5-18(3)23(14-19-10-12-21(25-4)13-11-19)15-20(24)16-26-22-9-7-6-8-17(22)2/h6-13,18,20,24H,5,14-16H2,1-4H3/t18-,20+/m1/s1. The summed E-state index contributed by atoms with van der Waals surface area (Å²) in [5.41, 5.74) is 2.29. The van der Waals surface area contributed by atoms with Crippen molar-refractivity contribution >= 4 is 0 Å². The first-order valence-corrected chi connectivity index (χ1v) is 9.27. The number of para-hydroxylation sites is 1.